The number of thiophene rings is 1. The van der Waals surface area contributed by atoms with Gasteiger partial charge >= 0.3 is 0 Å². The van der Waals surface area contributed by atoms with Crippen LogP contribution in [0, 0.1) is 20.8 Å². The minimum absolute atomic E-state index is 0.164. The topological polar surface area (TPSA) is 75.6 Å². The van der Waals surface area contributed by atoms with E-state index in [2.05, 4.69) is 9.71 Å². The quantitative estimate of drug-likeness (QED) is 0.621. The number of ketones is 1. The molecule has 1 aliphatic carbocycles. The molecule has 0 spiro atoms. The number of nitrogens with zero attached hydrogens (tertiary/aromatic N) is 1. The Balaban J connectivity index is 1.84. The fraction of sp³-hybridized carbons (Fsp3) is 0.130. The predicted molar refractivity (Wildman–Crippen MR) is 121 cm³/mol. The first-order valence-corrected chi connectivity index (χ1v) is 11.7. The van der Waals surface area contributed by atoms with E-state index in [0.717, 1.165) is 33.7 Å². The molecule has 0 saturated heterocycles. The summed E-state index contributed by atoms with van der Waals surface area (Å²) in [7, 11) is -3.87. The summed E-state index contributed by atoms with van der Waals surface area (Å²) in [4.78, 5) is 13.1. The fourth-order valence-corrected chi connectivity index (χ4v) is 5.56. The number of Topliss-reactive ketones (excluding diaryl/α,β-unsaturated/α-hetero) is 1. The zero-order valence-electron chi connectivity index (χ0n) is 16.8. The molecule has 2 aromatic carbocycles. The number of nitrogens with one attached hydrogen (secondary N) is 1. The van der Waals surface area contributed by atoms with Crippen molar-refractivity contribution in [2.24, 2.45) is 4.40 Å². The van der Waals surface area contributed by atoms with Crippen LogP contribution in [-0.2, 0) is 10.0 Å². The van der Waals surface area contributed by atoms with Gasteiger partial charge in [-0.1, -0.05) is 48.0 Å². The van der Waals surface area contributed by atoms with Gasteiger partial charge in [-0.15, -0.1) is 11.3 Å². The number of anilines is 1. The second kappa shape index (κ2) is 7.66. The zero-order valence-corrected chi connectivity index (χ0v) is 18.4. The Morgan fingerprint density at radius 2 is 1.60 bits per heavy atom. The normalized spacial score (nSPS) is 15.1. The molecule has 1 N–H and O–H groups in total. The summed E-state index contributed by atoms with van der Waals surface area (Å²) >= 11 is 1.11. The third-order valence-corrected chi connectivity index (χ3v) is 7.54. The van der Waals surface area contributed by atoms with Crippen molar-refractivity contribution in [1.29, 1.82) is 0 Å². The maximum absolute atomic E-state index is 13.1. The Kier molecular flexibility index (Phi) is 5.17. The molecule has 0 unspecified atom stereocenters. The molecule has 0 aliphatic heterocycles. The van der Waals surface area contributed by atoms with E-state index < -0.39 is 10.0 Å². The van der Waals surface area contributed by atoms with Crippen molar-refractivity contribution in [3.05, 3.63) is 93.5 Å². The van der Waals surface area contributed by atoms with Gasteiger partial charge in [0.1, 0.15) is 4.21 Å². The highest BCUT2D eigenvalue weighted by molar-refractivity contribution is 7.92. The smallest absolute Gasteiger partial charge is 0.292 e. The van der Waals surface area contributed by atoms with E-state index in [1.807, 2.05) is 32.9 Å². The molecule has 4 rings (SSSR count). The van der Waals surface area contributed by atoms with Crippen LogP contribution in [0.4, 0.5) is 5.69 Å². The molecule has 152 valence electrons. The summed E-state index contributed by atoms with van der Waals surface area (Å²) in [6, 6.07) is 14.2. The molecule has 0 radical (unpaired) electrons. The Bertz CT molecular complexity index is 1300. The number of rotatable bonds is 4. The van der Waals surface area contributed by atoms with E-state index in [9.17, 15) is 13.2 Å². The molecule has 0 saturated carbocycles. The van der Waals surface area contributed by atoms with Crippen molar-refractivity contribution in [2.45, 2.75) is 25.0 Å². The van der Waals surface area contributed by atoms with Gasteiger partial charge < -0.3 is 5.32 Å². The molecule has 0 fully saturated rings. The number of fused-ring (bicyclic) bond motifs is 1. The number of hydrogen-bond donors (Lipinski definition) is 1. The largest absolute Gasteiger partial charge is 0.352 e. The molecule has 7 heteroatoms. The highest BCUT2D eigenvalue weighted by Gasteiger charge is 2.27. The van der Waals surface area contributed by atoms with Crippen LogP contribution in [0.5, 0.6) is 0 Å². The SMILES string of the molecule is Cc1cc(C)c(NC2=C/C(=N\S(=O)(=O)c3cccs3)c3ccccc3C2=O)c(C)c1. The maximum atomic E-state index is 13.1. The number of aryl methyl sites for hydroxylation is 3. The average Bonchev–Trinajstić information content (AvgIpc) is 3.23. The number of carbonyl (C=O) groups is 1. The van der Waals surface area contributed by atoms with Gasteiger partial charge in [-0.3, -0.25) is 4.79 Å². The van der Waals surface area contributed by atoms with Crippen LogP contribution in [0.3, 0.4) is 0 Å². The third kappa shape index (κ3) is 3.74. The van der Waals surface area contributed by atoms with Gasteiger partial charge in [0, 0.05) is 16.8 Å². The van der Waals surface area contributed by atoms with Crippen LogP contribution in [0.25, 0.3) is 0 Å². The molecule has 0 amide bonds. The number of benzene rings is 2. The second-order valence-electron chi connectivity index (χ2n) is 7.22. The second-order valence-corrected chi connectivity index (χ2v) is 9.99. The van der Waals surface area contributed by atoms with Crippen LogP contribution in [-0.4, -0.2) is 19.9 Å². The third-order valence-electron chi connectivity index (χ3n) is 4.88. The lowest BCUT2D eigenvalue weighted by Crippen LogP contribution is -2.23. The van der Waals surface area contributed by atoms with Gasteiger partial charge in [0.15, 0.2) is 0 Å². The van der Waals surface area contributed by atoms with Crippen molar-refractivity contribution >= 4 is 38.5 Å². The van der Waals surface area contributed by atoms with Crippen LogP contribution in [0.15, 0.2) is 74.3 Å². The number of sulfonamides is 1. The van der Waals surface area contributed by atoms with Gasteiger partial charge in [0.2, 0.25) is 5.78 Å². The molecule has 0 atom stereocenters. The average molecular weight is 437 g/mol. The Labute approximate surface area is 179 Å². The number of allylic oxidation sites excluding steroid dienone is 2. The minimum Gasteiger partial charge on any atom is -0.352 e. The maximum Gasteiger partial charge on any atom is 0.292 e. The van der Waals surface area contributed by atoms with Crippen LogP contribution >= 0.6 is 11.3 Å². The van der Waals surface area contributed by atoms with E-state index in [-0.39, 0.29) is 15.7 Å². The Morgan fingerprint density at radius 3 is 2.23 bits per heavy atom. The summed E-state index contributed by atoms with van der Waals surface area (Å²) in [5.41, 5.74) is 5.44. The van der Waals surface area contributed by atoms with Gasteiger partial charge in [0.25, 0.3) is 10.0 Å². The first kappa shape index (κ1) is 20.3. The lowest BCUT2D eigenvalue weighted by molar-refractivity contribution is 0.103. The van der Waals surface area contributed by atoms with Gasteiger partial charge in [-0.05, 0) is 49.4 Å². The fourth-order valence-electron chi connectivity index (χ4n) is 3.59. The first-order chi connectivity index (χ1) is 14.3. The molecule has 1 aromatic heterocycles. The van der Waals surface area contributed by atoms with Crippen molar-refractivity contribution in [3.8, 4) is 0 Å². The van der Waals surface area contributed by atoms with Crippen LogP contribution in [0.1, 0.15) is 32.6 Å². The monoisotopic (exact) mass is 436 g/mol. The summed E-state index contributed by atoms with van der Waals surface area (Å²) in [5.74, 6) is -0.197. The van der Waals surface area contributed by atoms with Crippen LogP contribution in [0.2, 0.25) is 0 Å². The molecule has 0 bridgehead atoms. The van der Waals surface area contributed by atoms with Crippen molar-refractivity contribution in [2.75, 3.05) is 5.32 Å². The Morgan fingerprint density at radius 1 is 0.933 bits per heavy atom. The highest BCUT2D eigenvalue weighted by Crippen LogP contribution is 2.29. The van der Waals surface area contributed by atoms with Crippen molar-refractivity contribution in [1.82, 2.24) is 0 Å². The van der Waals surface area contributed by atoms with Crippen LogP contribution < -0.4 is 5.32 Å². The molecule has 1 aliphatic rings. The van der Waals surface area contributed by atoms with E-state index in [1.165, 1.54) is 12.1 Å². The van der Waals surface area contributed by atoms with Crippen molar-refractivity contribution in [3.63, 3.8) is 0 Å². The standard InChI is InChI=1S/C23H20N2O3S2/c1-14-11-15(2)22(16(3)12-14)24-20-13-19(17-7-4-5-8-18(17)23(20)26)25-30(27,28)21-9-6-10-29-21/h4-13,24H,1-3H3/b25-19+. The van der Waals surface area contributed by atoms with E-state index >= 15 is 0 Å². The summed E-state index contributed by atoms with van der Waals surface area (Å²) in [6.45, 7) is 5.96. The van der Waals surface area contributed by atoms with Gasteiger partial charge in [0.05, 0.1) is 11.4 Å². The van der Waals surface area contributed by atoms with Gasteiger partial charge in [-0.25, -0.2) is 0 Å². The Hall–Kier alpha value is -3.03. The molecule has 30 heavy (non-hydrogen) atoms. The summed E-state index contributed by atoms with van der Waals surface area (Å²) in [6.07, 6.45) is 1.52. The number of hydrogen-bond acceptors (Lipinski definition) is 5. The highest BCUT2D eigenvalue weighted by atomic mass is 32.2. The minimum atomic E-state index is -3.87. The van der Waals surface area contributed by atoms with Crippen molar-refractivity contribution < 1.29 is 13.2 Å². The lowest BCUT2D eigenvalue weighted by atomic mass is 9.92. The molecular weight excluding hydrogens is 416 g/mol. The summed E-state index contributed by atoms with van der Waals surface area (Å²) in [5, 5.41) is 4.92. The number of carbonyl (C=O) groups excluding carboxylic acids is 1. The first-order valence-electron chi connectivity index (χ1n) is 9.35. The zero-order chi connectivity index (χ0) is 21.5. The molecule has 3 aromatic rings. The van der Waals surface area contributed by atoms with Gasteiger partial charge in [-0.2, -0.15) is 12.8 Å². The molecule has 1 heterocycles. The molecular formula is C23H20N2O3S2. The summed E-state index contributed by atoms with van der Waals surface area (Å²) < 4.78 is 29.7. The lowest BCUT2D eigenvalue weighted by Gasteiger charge is -2.21. The molecule has 5 nitrogen and oxygen atoms in total. The van der Waals surface area contributed by atoms with E-state index in [0.29, 0.717) is 16.8 Å². The van der Waals surface area contributed by atoms with E-state index in [1.54, 1.807) is 35.7 Å². The predicted octanol–water partition coefficient (Wildman–Crippen LogP) is 5.04. The van der Waals surface area contributed by atoms with E-state index in [4.69, 9.17) is 0 Å².